The largest absolute Gasteiger partial charge is 0.450 e. The minimum absolute atomic E-state index is 0.454. The summed E-state index contributed by atoms with van der Waals surface area (Å²) in [5.41, 5.74) is 6.58. The number of benzene rings is 2. The molecule has 10 nitrogen and oxygen atoms in total. The van der Waals surface area contributed by atoms with Gasteiger partial charge in [-0.15, -0.1) is 0 Å². The number of aromatic nitrogens is 6. The summed E-state index contributed by atoms with van der Waals surface area (Å²) in [7, 11) is 0. The van der Waals surface area contributed by atoms with Crippen LogP contribution in [0.4, 0.5) is 11.6 Å². The van der Waals surface area contributed by atoms with Crippen LogP contribution < -0.4 is 9.64 Å². The lowest BCUT2D eigenvalue weighted by Gasteiger charge is -2.55. The maximum atomic E-state index is 6.57. The molecular formula is C33H30N8O2. The lowest BCUT2D eigenvalue weighted by Crippen LogP contribution is -2.65. The normalized spacial score (nSPS) is 17.0. The van der Waals surface area contributed by atoms with Gasteiger partial charge in [-0.1, -0.05) is 12.1 Å². The molecule has 0 amide bonds. The highest BCUT2D eigenvalue weighted by molar-refractivity contribution is 5.86. The number of nitrogens with zero attached hydrogens (tertiary/aromatic N) is 6. The van der Waals surface area contributed by atoms with Crippen LogP contribution in [0.2, 0.25) is 0 Å². The average Bonchev–Trinajstić information content (AvgIpc) is 3.67. The number of fused-ring (bicyclic) bond motifs is 4. The van der Waals surface area contributed by atoms with Gasteiger partial charge in [-0.2, -0.15) is 10.2 Å². The second-order valence-corrected chi connectivity index (χ2v) is 12.1. The molecule has 9 rings (SSSR count). The Bertz CT molecular complexity index is 1860. The maximum absolute atomic E-state index is 6.57. The second kappa shape index (κ2) is 9.62. The summed E-state index contributed by atoms with van der Waals surface area (Å²) in [5, 5.41) is 16.5. The number of likely N-dealkylation sites (tertiary alicyclic amines) is 1. The standard InChI is InChI=1S/C33H30N8O2/c1(7-40-17-33(18-40)19-42-20-33)2-8-41-31-29(11-23(13-34-31)21-3-5-27-25(9-21)15-36-38-27)43-30-12-24(14-35-32(30)41)22-4-6-28-26(10-22)16-37-39-28/h3-6,9-16H,1-2,7-8,17-20H2,(H,36,38)(H,37,39). The van der Waals surface area contributed by atoms with Gasteiger partial charge < -0.3 is 19.3 Å². The molecule has 0 atom stereocenters. The highest BCUT2D eigenvalue weighted by Gasteiger charge is 2.48. The summed E-state index contributed by atoms with van der Waals surface area (Å²) in [6.07, 6.45) is 9.68. The van der Waals surface area contributed by atoms with Crippen LogP contribution in [0.25, 0.3) is 44.1 Å². The van der Waals surface area contributed by atoms with Crippen LogP contribution in [0, 0.1) is 5.41 Å². The van der Waals surface area contributed by atoms with E-state index in [1.807, 2.05) is 36.9 Å². The van der Waals surface area contributed by atoms with E-state index >= 15 is 0 Å². The van der Waals surface area contributed by atoms with E-state index in [0.29, 0.717) is 5.41 Å². The summed E-state index contributed by atoms with van der Waals surface area (Å²) in [6, 6.07) is 16.7. The molecule has 6 aromatic rings. The van der Waals surface area contributed by atoms with Gasteiger partial charge in [0.05, 0.1) is 36.6 Å². The Balaban J connectivity index is 1.02. The van der Waals surface area contributed by atoms with Gasteiger partial charge in [-0.3, -0.25) is 10.2 Å². The smallest absolute Gasteiger partial charge is 0.177 e. The minimum atomic E-state index is 0.454. The van der Waals surface area contributed by atoms with Crippen molar-refractivity contribution < 1.29 is 9.47 Å². The van der Waals surface area contributed by atoms with Crippen molar-refractivity contribution >= 4 is 33.4 Å². The van der Waals surface area contributed by atoms with Crippen molar-refractivity contribution in [3.63, 3.8) is 0 Å². The molecule has 0 unspecified atom stereocenters. The molecule has 2 N–H and O–H groups in total. The summed E-state index contributed by atoms with van der Waals surface area (Å²) in [4.78, 5) is 14.6. The first-order valence-corrected chi connectivity index (χ1v) is 14.8. The van der Waals surface area contributed by atoms with Crippen LogP contribution in [-0.2, 0) is 4.74 Å². The van der Waals surface area contributed by atoms with E-state index in [2.05, 4.69) is 66.6 Å². The molecule has 3 aliphatic rings. The fourth-order valence-corrected chi connectivity index (χ4v) is 6.66. The molecular weight excluding hydrogens is 540 g/mol. The fraction of sp³-hybridized carbons (Fsp3) is 0.273. The Hall–Kier alpha value is -4.80. The highest BCUT2D eigenvalue weighted by Crippen LogP contribution is 2.47. The zero-order valence-electron chi connectivity index (χ0n) is 23.6. The quantitative estimate of drug-likeness (QED) is 0.228. The molecule has 214 valence electrons. The Kier molecular flexibility index (Phi) is 5.54. The van der Waals surface area contributed by atoms with Crippen molar-refractivity contribution in [3.8, 4) is 33.8 Å². The lowest BCUT2D eigenvalue weighted by molar-refractivity contribution is -0.188. The van der Waals surface area contributed by atoms with E-state index in [4.69, 9.17) is 19.4 Å². The molecule has 2 aromatic carbocycles. The third-order valence-electron chi connectivity index (χ3n) is 8.98. The van der Waals surface area contributed by atoms with Crippen molar-refractivity contribution in [2.24, 2.45) is 5.41 Å². The van der Waals surface area contributed by atoms with Crippen LogP contribution in [0.1, 0.15) is 12.8 Å². The van der Waals surface area contributed by atoms with Crippen molar-refractivity contribution in [2.45, 2.75) is 12.8 Å². The van der Waals surface area contributed by atoms with Crippen molar-refractivity contribution in [1.82, 2.24) is 35.3 Å². The number of H-pyrrole nitrogens is 2. The third kappa shape index (κ3) is 4.25. The van der Waals surface area contributed by atoms with E-state index in [1.54, 1.807) is 0 Å². The molecule has 0 radical (unpaired) electrons. The first-order valence-electron chi connectivity index (χ1n) is 14.8. The number of anilines is 2. The number of hydrogen-bond donors (Lipinski definition) is 2. The fourth-order valence-electron chi connectivity index (χ4n) is 6.66. The van der Waals surface area contributed by atoms with Gasteiger partial charge in [0, 0.05) is 59.3 Å². The zero-order chi connectivity index (χ0) is 28.4. The Labute approximate surface area is 247 Å². The Morgan fingerprint density at radius 3 is 1.81 bits per heavy atom. The summed E-state index contributed by atoms with van der Waals surface area (Å²) >= 11 is 0. The molecule has 2 saturated heterocycles. The van der Waals surface area contributed by atoms with E-state index in [1.165, 1.54) is 13.1 Å². The number of aromatic amines is 2. The first-order chi connectivity index (χ1) is 21.2. The minimum Gasteiger partial charge on any atom is -0.450 e. The molecule has 2 fully saturated rings. The number of nitrogens with one attached hydrogen (secondary N) is 2. The number of pyridine rings is 2. The molecule has 43 heavy (non-hydrogen) atoms. The van der Waals surface area contributed by atoms with Crippen LogP contribution in [0.5, 0.6) is 11.5 Å². The van der Waals surface area contributed by atoms with E-state index in [0.717, 1.165) is 106 Å². The molecule has 1 spiro atoms. The summed E-state index contributed by atoms with van der Waals surface area (Å²) in [5.74, 6) is 3.07. The number of rotatable bonds is 7. The van der Waals surface area contributed by atoms with Gasteiger partial charge in [-0.25, -0.2) is 9.97 Å². The highest BCUT2D eigenvalue weighted by atomic mass is 16.5. The van der Waals surface area contributed by atoms with Gasteiger partial charge >= 0.3 is 0 Å². The average molecular weight is 571 g/mol. The topological polar surface area (TPSA) is 108 Å². The van der Waals surface area contributed by atoms with Crippen LogP contribution >= 0.6 is 0 Å². The van der Waals surface area contributed by atoms with E-state index in [9.17, 15) is 0 Å². The van der Waals surface area contributed by atoms with Crippen molar-refractivity contribution in [1.29, 1.82) is 0 Å². The molecule has 0 bridgehead atoms. The molecule has 0 saturated carbocycles. The third-order valence-corrected chi connectivity index (χ3v) is 8.98. The lowest BCUT2D eigenvalue weighted by atomic mass is 9.78. The zero-order valence-corrected chi connectivity index (χ0v) is 23.6. The van der Waals surface area contributed by atoms with Gasteiger partial charge in [0.15, 0.2) is 23.1 Å². The molecule has 10 heteroatoms. The van der Waals surface area contributed by atoms with Crippen molar-refractivity contribution in [2.75, 3.05) is 44.3 Å². The van der Waals surface area contributed by atoms with Gasteiger partial charge in [-0.05, 0) is 66.9 Å². The van der Waals surface area contributed by atoms with Gasteiger partial charge in [0.1, 0.15) is 0 Å². The van der Waals surface area contributed by atoms with Crippen molar-refractivity contribution in [3.05, 3.63) is 73.3 Å². The molecule has 4 aromatic heterocycles. The van der Waals surface area contributed by atoms with Crippen LogP contribution in [0.15, 0.2) is 73.3 Å². The first kappa shape index (κ1) is 24.8. The SMILES string of the molecule is c1cc2[nH]ncc2cc1-c1cnc2c(c1)Oc1cc(-c3ccc4[nH]ncc4c3)cnc1N2CCCCN1CC2(COC2)C1. The molecule has 7 heterocycles. The summed E-state index contributed by atoms with van der Waals surface area (Å²) < 4.78 is 12.0. The van der Waals surface area contributed by atoms with Crippen LogP contribution in [-0.4, -0.2) is 74.7 Å². The second-order valence-electron chi connectivity index (χ2n) is 12.1. The van der Waals surface area contributed by atoms with Crippen LogP contribution in [0.3, 0.4) is 0 Å². The van der Waals surface area contributed by atoms with Gasteiger partial charge in [0.2, 0.25) is 0 Å². The summed E-state index contributed by atoms with van der Waals surface area (Å²) in [6.45, 7) is 6.11. The van der Waals surface area contributed by atoms with E-state index in [-0.39, 0.29) is 0 Å². The Morgan fingerprint density at radius 2 is 1.26 bits per heavy atom. The monoisotopic (exact) mass is 570 g/mol. The predicted molar refractivity (Wildman–Crippen MR) is 165 cm³/mol. The Morgan fingerprint density at radius 1 is 0.674 bits per heavy atom. The van der Waals surface area contributed by atoms with Gasteiger partial charge in [0.25, 0.3) is 0 Å². The molecule has 3 aliphatic heterocycles. The molecule has 0 aliphatic carbocycles. The predicted octanol–water partition coefficient (Wildman–Crippen LogP) is 5.92. The number of hydrogen-bond acceptors (Lipinski definition) is 8. The number of ether oxygens (including phenoxy) is 2. The van der Waals surface area contributed by atoms with E-state index < -0.39 is 0 Å². The maximum Gasteiger partial charge on any atom is 0.177 e. The number of unbranched alkanes of at least 4 members (excludes halogenated alkanes) is 1.